The van der Waals surface area contributed by atoms with Crippen molar-refractivity contribution in [1.82, 2.24) is 25.1 Å². The number of nitrogens with zero attached hydrogens (tertiary/aromatic N) is 4. The van der Waals surface area contributed by atoms with Crippen molar-refractivity contribution in [2.75, 3.05) is 7.11 Å². The number of hydrogen-bond donors (Lipinski definition) is 1. The number of carbonyl (C=O) groups excluding carboxylic acids is 2. The second-order valence-electron chi connectivity index (χ2n) is 7.35. The Hall–Kier alpha value is -3.55. The zero-order valence-corrected chi connectivity index (χ0v) is 16.7. The van der Waals surface area contributed by atoms with E-state index < -0.39 is 5.97 Å². The summed E-state index contributed by atoms with van der Waals surface area (Å²) in [5.74, 6) is -0.540. The number of carbonyl (C=O) groups is 2. The third-order valence-corrected chi connectivity index (χ3v) is 5.45. The molecule has 0 bridgehead atoms. The van der Waals surface area contributed by atoms with E-state index in [2.05, 4.69) is 25.1 Å². The van der Waals surface area contributed by atoms with E-state index in [1.54, 1.807) is 30.5 Å². The second-order valence-corrected chi connectivity index (χ2v) is 7.35. The Morgan fingerprint density at radius 3 is 2.47 bits per heavy atom. The summed E-state index contributed by atoms with van der Waals surface area (Å²) >= 11 is 0. The van der Waals surface area contributed by atoms with Crippen LogP contribution in [0.2, 0.25) is 0 Å². The molecule has 1 aromatic carbocycles. The van der Waals surface area contributed by atoms with Crippen LogP contribution in [0.5, 0.6) is 0 Å². The van der Waals surface area contributed by atoms with E-state index in [1.165, 1.54) is 13.4 Å². The van der Waals surface area contributed by atoms with Gasteiger partial charge in [-0.2, -0.15) is 5.10 Å². The zero-order chi connectivity index (χ0) is 20.9. The minimum Gasteiger partial charge on any atom is -0.465 e. The molecule has 0 atom stereocenters. The van der Waals surface area contributed by atoms with Gasteiger partial charge in [-0.3, -0.25) is 9.48 Å². The Labute approximate surface area is 174 Å². The first-order chi connectivity index (χ1) is 14.6. The Morgan fingerprint density at radius 2 is 1.80 bits per heavy atom. The van der Waals surface area contributed by atoms with Crippen LogP contribution in [0.1, 0.15) is 52.4 Å². The van der Waals surface area contributed by atoms with E-state index in [-0.39, 0.29) is 11.9 Å². The van der Waals surface area contributed by atoms with Crippen LogP contribution in [-0.2, 0) is 4.74 Å². The molecule has 1 aliphatic rings. The fourth-order valence-electron chi connectivity index (χ4n) is 3.76. The molecule has 1 fully saturated rings. The molecule has 8 nitrogen and oxygen atoms in total. The van der Waals surface area contributed by atoms with Crippen LogP contribution in [0.25, 0.3) is 11.3 Å². The van der Waals surface area contributed by atoms with Crippen LogP contribution in [0.4, 0.5) is 0 Å². The Balaban J connectivity index is 1.31. The third kappa shape index (κ3) is 4.37. The first kappa shape index (κ1) is 19.8. The molecular weight excluding hydrogens is 382 g/mol. The highest BCUT2D eigenvalue weighted by atomic mass is 16.5. The van der Waals surface area contributed by atoms with Crippen molar-refractivity contribution in [2.24, 2.45) is 0 Å². The van der Waals surface area contributed by atoms with E-state index >= 15 is 0 Å². The molecule has 0 spiro atoms. The summed E-state index contributed by atoms with van der Waals surface area (Å²) in [6, 6.07) is 8.80. The molecule has 1 saturated carbocycles. The largest absolute Gasteiger partial charge is 0.465 e. The van der Waals surface area contributed by atoms with Gasteiger partial charge >= 0.3 is 5.97 Å². The summed E-state index contributed by atoms with van der Waals surface area (Å²) in [5, 5.41) is 7.61. The molecule has 0 saturated heterocycles. The van der Waals surface area contributed by atoms with Gasteiger partial charge < -0.3 is 10.1 Å². The summed E-state index contributed by atoms with van der Waals surface area (Å²) in [6.45, 7) is 0. The zero-order valence-electron chi connectivity index (χ0n) is 16.7. The molecule has 2 heterocycles. The van der Waals surface area contributed by atoms with E-state index in [4.69, 9.17) is 0 Å². The first-order valence-corrected chi connectivity index (χ1v) is 9.94. The maximum Gasteiger partial charge on any atom is 0.337 e. The topological polar surface area (TPSA) is 99.0 Å². The second kappa shape index (κ2) is 8.86. The number of rotatable bonds is 5. The van der Waals surface area contributed by atoms with Crippen LogP contribution in [0.3, 0.4) is 0 Å². The minimum absolute atomic E-state index is 0.125. The predicted octanol–water partition coefficient (Wildman–Crippen LogP) is 3.04. The number of ether oxygens (including phenoxy) is 1. The van der Waals surface area contributed by atoms with E-state index in [0.29, 0.717) is 17.2 Å². The van der Waals surface area contributed by atoms with Gasteiger partial charge in [-0.25, -0.2) is 14.8 Å². The standard InChI is InChI=1S/C22H23N5O3/c1-30-22(29)16-4-2-15(3-5-16)21(28)26-18-6-8-19(9-7-18)27-13-17(12-25-27)20-10-11-23-14-24-20/h2-5,10-14,18-19H,6-9H2,1H3,(H,26,28). The summed E-state index contributed by atoms with van der Waals surface area (Å²) < 4.78 is 6.68. The average molecular weight is 405 g/mol. The van der Waals surface area contributed by atoms with E-state index in [1.807, 2.05) is 23.1 Å². The highest BCUT2D eigenvalue weighted by Gasteiger charge is 2.24. The summed E-state index contributed by atoms with van der Waals surface area (Å²) in [7, 11) is 1.33. The lowest BCUT2D eigenvalue weighted by Crippen LogP contribution is -2.38. The maximum absolute atomic E-state index is 12.5. The summed E-state index contributed by atoms with van der Waals surface area (Å²) in [4.78, 5) is 32.2. The normalized spacial score (nSPS) is 18.6. The average Bonchev–Trinajstić information content (AvgIpc) is 3.30. The van der Waals surface area contributed by atoms with Gasteiger partial charge in [-0.15, -0.1) is 0 Å². The fraction of sp³-hybridized carbons (Fsp3) is 0.318. The predicted molar refractivity (Wildman–Crippen MR) is 110 cm³/mol. The Morgan fingerprint density at radius 1 is 1.07 bits per heavy atom. The van der Waals surface area contributed by atoms with Gasteiger partial charge in [0.15, 0.2) is 0 Å². The Kier molecular flexibility index (Phi) is 5.83. The Bertz CT molecular complexity index is 1010. The summed E-state index contributed by atoms with van der Waals surface area (Å²) in [5.41, 5.74) is 2.79. The highest BCUT2D eigenvalue weighted by molar-refractivity contribution is 5.96. The number of benzene rings is 1. The molecule has 0 unspecified atom stereocenters. The molecule has 1 N–H and O–H groups in total. The van der Waals surface area contributed by atoms with Crippen molar-refractivity contribution >= 4 is 11.9 Å². The van der Waals surface area contributed by atoms with Crippen molar-refractivity contribution in [3.05, 3.63) is 66.4 Å². The van der Waals surface area contributed by atoms with Gasteiger partial charge in [0, 0.05) is 29.6 Å². The fourth-order valence-corrected chi connectivity index (χ4v) is 3.76. The van der Waals surface area contributed by atoms with Crippen molar-refractivity contribution in [1.29, 1.82) is 0 Å². The van der Waals surface area contributed by atoms with Crippen LogP contribution < -0.4 is 5.32 Å². The van der Waals surface area contributed by atoms with Crippen LogP contribution >= 0.6 is 0 Å². The quantitative estimate of drug-likeness (QED) is 0.655. The SMILES string of the molecule is COC(=O)c1ccc(C(=O)NC2CCC(n3cc(-c4ccncn4)cn3)CC2)cc1. The molecule has 0 aliphatic heterocycles. The number of amides is 1. The van der Waals surface area contributed by atoms with Gasteiger partial charge in [0.1, 0.15) is 6.33 Å². The van der Waals surface area contributed by atoms with Crippen LogP contribution in [0, 0.1) is 0 Å². The van der Waals surface area contributed by atoms with Crippen molar-refractivity contribution in [2.45, 2.75) is 37.8 Å². The molecule has 1 amide bonds. The number of esters is 1. The molecule has 154 valence electrons. The smallest absolute Gasteiger partial charge is 0.337 e. The van der Waals surface area contributed by atoms with Gasteiger partial charge in [0.05, 0.1) is 30.6 Å². The van der Waals surface area contributed by atoms with Gasteiger partial charge in [0.25, 0.3) is 5.91 Å². The highest BCUT2D eigenvalue weighted by Crippen LogP contribution is 2.29. The molecule has 8 heteroatoms. The molecule has 30 heavy (non-hydrogen) atoms. The number of hydrogen-bond acceptors (Lipinski definition) is 6. The lowest BCUT2D eigenvalue weighted by molar-refractivity contribution is 0.0600. The lowest BCUT2D eigenvalue weighted by Gasteiger charge is -2.29. The van der Waals surface area contributed by atoms with Crippen LogP contribution in [-0.4, -0.2) is 44.8 Å². The molecule has 3 aromatic rings. The lowest BCUT2D eigenvalue weighted by atomic mass is 9.91. The van der Waals surface area contributed by atoms with Gasteiger partial charge in [-0.05, 0) is 56.0 Å². The molecule has 0 radical (unpaired) electrons. The van der Waals surface area contributed by atoms with Crippen molar-refractivity contribution in [3.63, 3.8) is 0 Å². The minimum atomic E-state index is -0.415. The maximum atomic E-state index is 12.5. The van der Waals surface area contributed by atoms with Gasteiger partial charge in [0.2, 0.25) is 0 Å². The van der Waals surface area contributed by atoms with Crippen molar-refractivity contribution in [3.8, 4) is 11.3 Å². The molecule has 4 rings (SSSR count). The molecule has 1 aliphatic carbocycles. The summed E-state index contributed by atoms with van der Waals surface area (Å²) in [6.07, 6.45) is 10.8. The van der Waals surface area contributed by atoms with E-state index in [9.17, 15) is 9.59 Å². The van der Waals surface area contributed by atoms with E-state index in [0.717, 1.165) is 36.9 Å². The van der Waals surface area contributed by atoms with Gasteiger partial charge in [-0.1, -0.05) is 0 Å². The number of nitrogens with one attached hydrogen (secondary N) is 1. The van der Waals surface area contributed by atoms with Crippen LogP contribution in [0.15, 0.2) is 55.2 Å². The van der Waals surface area contributed by atoms with Crippen molar-refractivity contribution < 1.29 is 14.3 Å². The molecular formula is C22H23N5O3. The monoisotopic (exact) mass is 405 g/mol. The number of aromatic nitrogens is 4. The number of methoxy groups -OCH3 is 1. The third-order valence-electron chi connectivity index (χ3n) is 5.45. The first-order valence-electron chi connectivity index (χ1n) is 9.94. The molecule has 2 aromatic heterocycles.